The van der Waals surface area contributed by atoms with Crippen molar-refractivity contribution in [3.05, 3.63) is 54.1 Å². The highest BCUT2D eigenvalue weighted by atomic mass is 32.2. The molecule has 2 aromatic carbocycles. The van der Waals surface area contributed by atoms with Gasteiger partial charge in [0.25, 0.3) is 5.91 Å². The molecule has 0 aromatic heterocycles. The Hall–Kier alpha value is -2.34. The minimum absolute atomic E-state index is 0.0193. The van der Waals surface area contributed by atoms with Crippen LogP contribution in [-0.4, -0.2) is 26.7 Å². The molecule has 0 unspecified atom stereocenters. The van der Waals surface area contributed by atoms with Crippen LogP contribution in [0.3, 0.4) is 0 Å². The molecular formula is C19H21NO4S. The van der Waals surface area contributed by atoms with Gasteiger partial charge in [-0.2, -0.15) is 0 Å². The number of amides is 1. The van der Waals surface area contributed by atoms with Crippen LogP contribution in [0.25, 0.3) is 0 Å². The van der Waals surface area contributed by atoms with Gasteiger partial charge in [-0.1, -0.05) is 18.2 Å². The SMILES string of the molecule is CS(=O)(=O)c1ccccc1C(=O)Nc1cccc(OC2CCCC2)c1. The summed E-state index contributed by atoms with van der Waals surface area (Å²) in [6.45, 7) is 0. The van der Waals surface area contributed by atoms with Gasteiger partial charge in [0.05, 0.1) is 16.6 Å². The molecule has 1 aliphatic rings. The van der Waals surface area contributed by atoms with Gasteiger partial charge in [0.1, 0.15) is 5.75 Å². The van der Waals surface area contributed by atoms with Gasteiger partial charge in [-0.25, -0.2) is 8.42 Å². The molecule has 5 nitrogen and oxygen atoms in total. The van der Waals surface area contributed by atoms with Crippen LogP contribution in [0.15, 0.2) is 53.4 Å². The predicted molar refractivity (Wildman–Crippen MR) is 96.8 cm³/mol. The first kappa shape index (κ1) is 17.5. The van der Waals surface area contributed by atoms with Crippen LogP contribution in [0.1, 0.15) is 36.0 Å². The Morgan fingerprint density at radius 3 is 2.52 bits per heavy atom. The number of hydrogen-bond acceptors (Lipinski definition) is 4. The number of anilines is 1. The molecule has 1 aliphatic carbocycles. The minimum atomic E-state index is -3.48. The van der Waals surface area contributed by atoms with Crippen molar-refractivity contribution < 1.29 is 17.9 Å². The zero-order chi connectivity index (χ0) is 17.9. The van der Waals surface area contributed by atoms with Crippen LogP contribution >= 0.6 is 0 Å². The van der Waals surface area contributed by atoms with Gasteiger partial charge in [-0.15, -0.1) is 0 Å². The molecule has 0 aliphatic heterocycles. The van der Waals surface area contributed by atoms with Crippen molar-refractivity contribution in [1.82, 2.24) is 0 Å². The van der Waals surface area contributed by atoms with E-state index in [1.54, 1.807) is 24.3 Å². The van der Waals surface area contributed by atoms with Crippen LogP contribution < -0.4 is 10.1 Å². The number of carbonyl (C=O) groups excluding carboxylic acids is 1. The first-order valence-electron chi connectivity index (χ1n) is 8.30. The highest BCUT2D eigenvalue weighted by Crippen LogP contribution is 2.26. The summed E-state index contributed by atoms with van der Waals surface area (Å²) in [6.07, 6.45) is 5.80. The third-order valence-corrected chi connectivity index (χ3v) is 5.38. The molecule has 3 rings (SSSR count). The highest BCUT2D eigenvalue weighted by molar-refractivity contribution is 7.90. The van der Waals surface area contributed by atoms with Crippen molar-refractivity contribution >= 4 is 21.4 Å². The number of carbonyl (C=O) groups is 1. The quantitative estimate of drug-likeness (QED) is 0.884. The number of nitrogens with one attached hydrogen (secondary N) is 1. The molecule has 1 N–H and O–H groups in total. The standard InChI is InChI=1S/C19H21NO4S/c1-25(22,23)18-12-5-4-11-17(18)19(21)20-14-7-6-10-16(13-14)24-15-8-2-3-9-15/h4-7,10-13,15H,2-3,8-9H2,1H3,(H,20,21). The van der Waals surface area contributed by atoms with Crippen molar-refractivity contribution in [2.75, 3.05) is 11.6 Å². The number of hydrogen-bond donors (Lipinski definition) is 1. The minimum Gasteiger partial charge on any atom is -0.490 e. The lowest BCUT2D eigenvalue weighted by molar-refractivity contribution is 0.102. The topological polar surface area (TPSA) is 72.5 Å². The van der Waals surface area contributed by atoms with E-state index < -0.39 is 15.7 Å². The monoisotopic (exact) mass is 359 g/mol. The normalized spacial score (nSPS) is 15.1. The van der Waals surface area contributed by atoms with E-state index in [-0.39, 0.29) is 16.6 Å². The maximum absolute atomic E-state index is 12.5. The zero-order valence-corrected chi connectivity index (χ0v) is 14.9. The molecule has 0 heterocycles. The van der Waals surface area contributed by atoms with Gasteiger partial charge >= 0.3 is 0 Å². The van der Waals surface area contributed by atoms with Crippen molar-refractivity contribution in [3.8, 4) is 5.75 Å². The van der Waals surface area contributed by atoms with Gasteiger partial charge in [-0.05, 0) is 49.9 Å². The lowest BCUT2D eigenvalue weighted by atomic mass is 10.2. The van der Waals surface area contributed by atoms with Crippen molar-refractivity contribution in [2.45, 2.75) is 36.7 Å². The van der Waals surface area contributed by atoms with E-state index in [0.29, 0.717) is 11.4 Å². The molecule has 1 fully saturated rings. The smallest absolute Gasteiger partial charge is 0.256 e. The van der Waals surface area contributed by atoms with E-state index in [2.05, 4.69) is 5.32 Å². The average molecular weight is 359 g/mol. The van der Waals surface area contributed by atoms with Crippen molar-refractivity contribution in [3.63, 3.8) is 0 Å². The first-order chi connectivity index (χ1) is 11.9. The molecule has 132 valence electrons. The lowest BCUT2D eigenvalue weighted by Crippen LogP contribution is -2.16. The number of benzene rings is 2. The molecule has 0 radical (unpaired) electrons. The third-order valence-electron chi connectivity index (χ3n) is 4.23. The lowest BCUT2D eigenvalue weighted by Gasteiger charge is -2.14. The second kappa shape index (κ2) is 7.27. The molecule has 6 heteroatoms. The Kier molecular flexibility index (Phi) is 5.08. The Morgan fingerprint density at radius 1 is 1.08 bits per heavy atom. The van der Waals surface area contributed by atoms with E-state index in [1.165, 1.54) is 25.0 Å². The van der Waals surface area contributed by atoms with Gasteiger partial charge in [-0.3, -0.25) is 4.79 Å². The second-order valence-electron chi connectivity index (χ2n) is 6.27. The average Bonchev–Trinajstić information content (AvgIpc) is 3.07. The number of ether oxygens (including phenoxy) is 1. The Bertz CT molecular complexity index is 870. The zero-order valence-electron chi connectivity index (χ0n) is 14.1. The summed E-state index contributed by atoms with van der Waals surface area (Å²) in [7, 11) is -3.48. The fourth-order valence-corrected chi connectivity index (χ4v) is 3.91. The van der Waals surface area contributed by atoms with E-state index in [1.807, 2.05) is 12.1 Å². The van der Waals surface area contributed by atoms with E-state index in [9.17, 15) is 13.2 Å². The summed E-state index contributed by atoms with van der Waals surface area (Å²) in [5.74, 6) is 0.250. The Balaban J connectivity index is 1.77. The Morgan fingerprint density at radius 2 is 1.80 bits per heavy atom. The largest absolute Gasteiger partial charge is 0.490 e. The molecule has 0 saturated heterocycles. The molecule has 0 atom stereocenters. The summed E-state index contributed by atoms with van der Waals surface area (Å²) < 4.78 is 29.7. The van der Waals surface area contributed by atoms with Crippen LogP contribution in [-0.2, 0) is 9.84 Å². The predicted octanol–water partition coefficient (Wildman–Crippen LogP) is 3.66. The van der Waals surface area contributed by atoms with E-state index >= 15 is 0 Å². The highest BCUT2D eigenvalue weighted by Gasteiger charge is 2.19. The summed E-state index contributed by atoms with van der Waals surface area (Å²) in [4.78, 5) is 12.5. The van der Waals surface area contributed by atoms with Crippen LogP contribution in [0.5, 0.6) is 5.75 Å². The van der Waals surface area contributed by atoms with Crippen molar-refractivity contribution in [2.24, 2.45) is 0 Å². The summed E-state index contributed by atoms with van der Waals surface area (Å²) in [5.41, 5.74) is 0.705. The molecule has 0 bridgehead atoms. The molecule has 1 amide bonds. The number of rotatable bonds is 5. The van der Waals surface area contributed by atoms with Crippen LogP contribution in [0.2, 0.25) is 0 Å². The van der Waals surface area contributed by atoms with Crippen LogP contribution in [0, 0.1) is 0 Å². The molecular weight excluding hydrogens is 338 g/mol. The summed E-state index contributed by atoms with van der Waals surface area (Å²) in [6, 6.07) is 13.4. The Labute approximate surface area is 147 Å². The maximum atomic E-state index is 12.5. The van der Waals surface area contributed by atoms with E-state index in [0.717, 1.165) is 19.1 Å². The molecule has 1 saturated carbocycles. The molecule has 25 heavy (non-hydrogen) atoms. The van der Waals surface area contributed by atoms with Crippen LogP contribution in [0.4, 0.5) is 5.69 Å². The molecule has 0 spiro atoms. The van der Waals surface area contributed by atoms with Gasteiger partial charge in [0, 0.05) is 18.0 Å². The maximum Gasteiger partial charge on any atom is 0.256 e. The summed E-state index contributed by atoms with van der Waals surface area (Å²) in [5, 5.41) is 2.75. The summed E-state index contributed by atoms with van der Waals surface area (Å²) >= 11 is 0. The fraction of sp³-hybridized carbons (Fsp3) is 0.316. The van der Waals surface area contributed by atoms with E-state index in [4.69, 9.17) is 4.74 Å². The second-order valence-corrected chi connectivity index (χ2v) is 8.26. The van der Waals surface area contributed by atoms with Gasteiger partial charge in [0.2, 0.25) is 0 Å². The van der Waals surface area contributed by atoms with Gasteiger partial charge in [0.15, 0.2) is 9.84 Å². The molecule has 2 aromatic rings. The third kappa shape index (κ3) is 4.39. The van der Waals surface area contributed by atoms with Gasteiger partial charge < -0.3 is 10.1 Å². The van der Waals surface area contributed by atoms with Crippen molar-refractivity contribution in [1.29, 1.82) is 0 Å². The number of sulfone groups is 1. The fourth-order valence-electron chi connectivity index (χ4n) is 3.02. The first-order valence-corrected chi connectivity index (χ1v) is 10.2.